The van der Waals surface area contributed by atoms with Crippen molar-refractivity contribution in [3.63, 3.8) is 0 Å². The molecule has 2 aromatic rings. The van der Waals surface area contributed by atoms with Gasteiger partial charge in [0.15, 0.2) is 11.5 Å². The highest BCUT2D eigenvalue weighted by Gasteiger charge is 2.16. The predicted molar refractivity (Wildman–Crippen MR) is 84.3 cm³/mol. The molecule has 0 spiro atoms. The van der Waals surface area contributed by atoms with Crippen molar-refractivity contribution in [2.24, 2.45) is 5.73 Å². The van der Waals surface area contributed by atoms with Crippen LogP contribution in [0.15, 0.2) is 42.5 Å². The van der Waals surface area contributed by atoms with Crippen LogP contribution in [0.25, 0.3) is 0 Å². The highest BCUT2D eigenvalue weighted by molar-refractivity contribution is 6.30. The molecule has 0 bridgehead atoms. The van der Waals surface area contributed by atoms with Crippen LogP contribution < -0.4 is 20.5 Å². The smallest absolute Gasteiger partial charge is 0.161 e. The molecule has 1 aliphatic rings. The van der Waals surface area contributed by atoms with Crippen molar-refractivity contribution in [2.75, 3.05) is 25.1 Å². The van der Waals surface area contributed by atoms with Gasteiger partial charge in [-0.3, -0.25) is 0 Å². The highest BCUT2D eigenvalue weighted by Crippen LogP contribution is 2.33. The largest absolute Gasteiger partial charge is 0.486 e. The third-order valence-corrected chi connectivity index (χ3v) is 3.60. The molecule has 4 nitrogen and oxygen atoms in total. The van der Waals surface area contributed by atoms with Crippen LogP contribution in [0.1, 0.15) is 11.6 Å². The molecule has 0 radical (unpaired) electrons. The topological polar surface area (TPSA) is 56.5 Å². The molecular weight excluding hydrogens is 288 g/mol. The minimum Gasteiger partial charge on any atom is -0.486 e. The van der Waals surface area contributed by atoms with Crippen LogP contribution in [0, 0.1) is 0 Å². The lowest BCUT2D eigenvalue weighted by Crippen LogP contribution is -2.21. The minimum absolute atomic E-state index is 0.0145. The van der Waals surface area contributed by atoms with Gasteiger partial charge < -0.3 is 20.5 Å². The maximum atomic E-state index is 6.00. The van der Waals surface area contributed by atoms with Gasteiger partial charge in [0.2, 0.25) is 0 Å². The first-order chi connectivity index (χ1) is 10.3. The summed E-state index contributed by atoms with van der Waals surface area (Å²) in [5.41, 5.74) is 7.89. The lowest BCUT2D eigenvalue weighted by Gasteiger charge is -2.23. The molecule has 1 aliphatic heterocycles. The molecule has 0 saturated carbocycles. The van der Waals surface area contributed by atoms with Gasteiger partial charge in [-0.1, -0.05) is 23.7 Å². The fourth-order valence-corrected chi connectivity index (χ4v) is 2.52. The zero-order valence-corrected chi connectivity index (χ0v) is 12.3. The van der Waals surface area contributed by atoms with E-state index < -0.39 is 0 Å². The summed E-state index contributed by atoms with van der Waals surface area (Å²) in [7, 11) is 0. The molecule has 0 amide bonds. The molecule has 0 saturated heterocycles. The zero-order chi connectivity index (χ0) is 14.7. The maximum Gasteiger partial charge on any atom is 0.161 e. The van der Waals surface area contributed by atoms with Crippen LogP contribution in [-0.2, 0) is 0 Å². The average Bonchev–Trinajstić information content (AvgIpc) is 2.52. The third-order valence-electron chi connectivity index (χ3n) is 3.37. The molecule has 0 aromatic heterocycles. The number of anilines is 1. The normalized spacial score (nSPS) is 14.6. The first kappa shape index (κ1) is 14.0. The number of benzene rings is 2. The number of nitrogens with one attached hydrogen (secondary N) is 1. The molecule has 2 aromatic carbocycles. The molecule has 1 atom stereocenters. The van der Waals surface area contributed by atoms with E-state index in [1.807, 2.05) is 42.5 Å². The van der Waals surface area contributed by atoms with E-state index in [1.54, 1.807) is 0 Å². The Morgan fingerprint density at radius 2 is 1.90 bits per heavy atom. The maximum absolute atomic E-state index is 6.00. The van der Waals surface area contributed by atoms with Crippen LogP contribution in [0.2, 0.25) is 5.02 Å². The molecule has 21 heavy (non-hydrogen) atoms. The second kappa shape index (κ2) is 6.24. The van der Waals surface area contributed by atoms with Crippen molar-refractivity contribution in [2.45, 2.75) is 6.04 Å². The monoisotopic (exact) mass is 304 g/mol. The number of halogens is 1. The van der Waals surface area contributed by atoms with Crippen molar-refractivity contribution in [3.05, 3.63) is 53.1 Å². The SMILES string of the molecule is NCC(Nc1cccc(Cl)c1)c1ccc2c(c1)OCCO2. The number of fused-ring (bicyclic) bond motifs is 1. The summed E-state index contributed by atoms with van der Waals surface area (Å²) in [6, 6.07) is 13.5. The van der Waals surface area contributed by atoms with Crippen LogP contribution in [0.3, 0.4) is 0 Å². The number of ether oxygens (including phenoxy) is 2. The molecule has 0 fully saturated rings. The van der Waals surface area contributed by atoms with Crippen molar-refractivity contribution >= 4 is 17.3 Å². The van der Waals surface area contributed by atoms with Gasteiger partial charge in [0.05, 0.1) is 6.04 Å². The van der Waals surface area contributed by atoms with E-state index in [0.29, 0.717) is 24.8 Å². The van der Waals surface area contributed by atoms with Crippen LogP contribution in [0.4, 0.5) is 5.69 Å². The van der Waals surface area contributed by atoms with Gasteiger partial charge in [-0.05, 0) is 35.9 Å². The quantitative estimate of drug-likeness (QED) is 0.910. The Hall–Kier alpha value is -1.91. The van der Waals surface area contributed by atoms with Gasteiger partial charge in [-0.25, -0.2) is 0 Å². The van der Waals surface area contributed by atoms with E-state index in [2.05, 4.69) is 5.32 Å². The molecule has 5 heteroatoms. The van der Waals surface area contributed by atoms with Crippen LogP contribution >= 0.6 is 11.6 Å². The first-order valence-corrected chi connectivity index (χ1v) is 7.26. The van der Waals surface area contributed by atoms with Gasteiger partial charge in [0.25, 0.3) is 0 Å². The summed E-state index contributed by atoms with van der Waals surface area (Å²) in [6.45, 7) is 1.63. The predicted octanol–water partition coefficient (Wildman–Crippen LogP) is 3.22. The van der Waals surface area contributed by atoms with Gasteiger partial charge in [-0.15, -0.1) is 0 Å². The minimum atomic E-state index is -0.0145. The fraction of sp³-hybridized carbons (Fsp3) is 0.250. The van der Waals surface area contributed by atoms with Crippen molar-refractivity contribution in [3.8, 4) is 11.5 Å². The molecule has 1 unspecified atom stereocenters. The van der Waals surface area contributed by atoms with E-state index in [-0.39, 0.29) is 6.04 Å². The highest BCUT2D eigenvalue weighted by atomic mass is 35.5. The lowest BCUT2D eigenvalue weighted by molar-refractivity contribution is 0.171. The van der Waals surface area contributed by atoms with Gasteiger partial charge in [0.1, 0.15) is 13.2 Å². The lowest BCUT2D eigenvalue weighted by atomic mass is 10.1. The summed E-state index contributed by atoms with van der Waals surface area (Å²) >= 11 is 6.00. The number of rotatable bonds is 4. The van der Waals surface area contributed by atoms with Crippen molar-refractivity contribution in [1.82, 2.24) is 0 Å². The molecule has 1 heterocycles. The van der Waals surface area contributed by atoms with E-state index in [9.17, 15) is 0 Å². The average molecular weight is 305 g/mol. The van der Waals surface area contributed by atoms with Gasteiger partial charge >= 0.3 is 0 Å². The Kier molecular flexibility index (Phi) is 4.18. The first-order valence-electron chi connectivity index (χ1n) is 6.88. The van der Waals surface area contributed by atoms with Gasteiger partial charge in [0, 0.05) is 17.3 Å². The Bertz CT molecular complexity index is 633. The molecule has 3 rings (SSSR count). The Morgan fingerprint density at radius 3 is 2.67 bits per heavy atom. The molecule has 0 aliphatic carbocycles. The number of nitrogens with two attached hydrogens (primary N) is 1. The Morgan fingerprint density at radius 1 is 1.10 bits per heavy atom. The zero-order valence-electron chi connectivity index (χ0n) is 11.5. The van der Waals surface area contributed by atoms with Crippen LogP contribution in [0.5, 0.6) is 11.5 Å². The molecule has 3 N–H and O–H groups in total. The molecular formula is C16H17ClN2O2. The second-order valence-electron chi connectivity index (χ2n) is 4.85. The summed E-state index contributed by atoms with van der Waals surface area (Å²) in [6.07, 6.45) is 0. The van der Waals surface area contributed by atoms with Crippen molar-refractivity contribution in [1.29, 1.82) is 0 Å². The standard InChI is InChI=1S/C16H17ClN2O2/c17-12-2-1-3-13(9-12)19-14(10-18)11-4-5-15-16(8-11)21-7-6-20-15/h1-5,8-9,14,19H,6-7,10,18H2. The van der Waals surface area contributed by atoms with Crippen molar-refractivity contribution < 1.29 is 9.47 Å². The summed E-state index contributed by atoms with van der Waals surface area (Å²) < 4.78 is 11.1. The summed E-state index contributed by atoms with van der Waals surface area (Å²) in [5, 5.41) is 4.08. The summed E-state index contributed by atoms with van der Waals surface area (Å²) in [4.78, 5) is 0. The van der Waals surface area contributed by atoms with E-state index in [4.69, 9.17) is 26.8 Å². The van der Waals surface area contributed by atoms with E-state index in [1.165, 1.54) is 0 Å². The molecule has 110 valence electrons. The fourth-order valence-electron chi connectivity index (χ4n) is 2.33. The third kappa shape index (κ3) is 3.23. The van der Waals surface area contributed by atoms with E-state index in [0.717, 1.165) is 22.7 Å². The van der Waals surface area contributed by atoms with Crippen LogP contribution in [-0.4, -0.2) is 19.8 Å². The number of hydrogen-bond acceptors (Lipinski definition) is 4. The van der Waals surface area contributed by atoms with Gasteiger partial charge in [-0.2, -0.15) is 0 Å². The van der Waals surface area contributed by atoms with E-state index >= 15 is 0 Å². The Labute approximate surface area is 128 Å². The Balaban J connectivity index is 1.82. The number of hydrogen-bond donors (Lipinski definition) is 2. The summed E-state index contributed by atoms with van der Waals surface area (Å²) in [5.74, 6) is 1.55. The second-order valence-corrected chi connectivity index (χ2v) is 5.28.